The second-order valence-electron chi connectivity index (χ2n) is 13.2. The summed E-state index contributed by atoms with van der Waals surface area (Å²) in [5.41, 5.74) is 21.2. The van der Waals surface area contributed by atoms with Gasteiger partial charge in [0.2, 0.25) is 29.5 Å². The van der Waals surface area contributed by atoms with Crippen LogP contribution in [0.15, 0.2) is 0 Å². The van der Waals surface area contributed by atoms with Crippen LogP contribution in [0.2, 0.25) is 0 Å². The van der Waals surface area contributed by atoms with Crippen LogP contribution in [-0.4, -0.2) is 98.1 Å². The van der Waals surface area contributed by atoms with Crippen LogP contribution in [0.5, 0.6) is 0 Å². The van der Waals surface area contributed by atoms with E-state index in [9.17, 15) is 29.1 Å². The Hall–Kier alpha value is -2.85. The van der Waals surface area contributed by atoms with Crippen molar-refractivity contribution in [1.29, 1.82) is 0 Å². The molecule has 48 heavy (non-hydrogen) atoms. The van der Waals surface area contributed by atoms with Crippen LogP contribution >= 0.6 is 0 Å². The number of amides is 5. The van der Waals surface area contributed by atoms with E-state index >= 15 is 0 Å². The summed E-state index contributed by atoms with van der Waals surface area (Å²) in [6.07, 6.45) is 4.52. The Morgan fingerprint density at radius 3 is 1.48 bits per heavy atom. The molecule has 0 aromatic heterocycles. The highest BCUT2D eigenvalue weighted by atomic mass is 16.3. The second-order valence-corrected chi connectivity index (χ2v) is 13.2. The second kappa shape index (κ2) is 25.2. The number of hydrogen-bond donors (Lipinski definition) is 10. The van der Waals surface area contributed by atoms with Crippen LogP contribution in [0, 0.1) is 10.8 Å². The molecule has 0 rings (SSSR count). The highest BCUT2D eigenvalue weighted by molar-refractivity contribution is 5.86. The molecule has 0 aromatic rings. The van der Waals surface area contributed by atoms with Gasteiger partial charge in [-0.15, -0.1) is 0 Å². The number of rotatable bonds is 26. The molecule has 0 fully saturated rings. The molecule has 5 amide bonds. The third-order valence-electron chi connectivity index (χ3n) is 8.37. The van der Waals surface area contributed by atoms with Crippen LogP contribution in [0.25, 0.3) is 0 Å². The molecule has 0 aliphatic rings. The molecule has 0 saturated carbocycles. The molecule has 0 aromatic carbocycles. The van der Waals surface area contributed by atoms with Crippen LogP contribution in [-0.2, 0) is 24.0 Å². The van der Waals surface area contributed by atoms with Crippen molar-refractivity contribution >= 4 is 29.5 Å². The lowest BCUT2D eigenvalue weighted by atomic mass is 9.71. The molecule has 15 heteroatoms. The smallest absolute Gasteiger partial charge is 0.238 e. The van der Waals surface area contributed by atoms with Gasteiger partial charge in [0.15, 0.2) is 0 Å². The number of nitrogens with one attached hydrogen (secondary N) is 5. The molecule has 0 saturated heterocycles. The van der Waals surface area contributed by atoms with Crippen molar-refractivity contribution in [2.45, 2.75) is 130 Å². The van der Waals surface area contributed by atoms with Crippen molar-refractivity contribution in [3.05, 3.63) is 0 Å². The van der Waals surface area contributed by atoms with Crippen molar-refractivity contribution in [3.8, 4) is 0 Å². The Morgan fingerprint density at radius 1 is 0.625 bits per heavy atom. The van der Waals surface area contributed by atoms with Gasteiger partial charge in [0, 0.05) is 50.1 Å². The minimum absolute atomic E-state index is 0. The van der Waals surface area contributed by atoms with Gasteiger partial charge in [-0.05, 0) is 71.1 Å². The van der Waals surface area contributed by atoms with E-state index in [1.807, 2.05) is 20.8 Å². The number of carbonyl (C=O) groups is 5. The molecule has 15 nitrogen and oxygen atoms in total. The van der Waals surface area contributed by atoms with E-state index in [4.69, 9.17) is 22.9 Å². The largest absolute Gasteiger partial charge is 0.393 e. The first-order chi connectivity index (χ1) is 22.0. The maximum absolute atomic E-state index is 13.1. The molecule has 0 radical (unpaired) electrons. The number of nitrogens with two attached hydrogens (primary N) is 4. The predicted molar refractivity (Wildman–Crippen MR) is 190 cm³/mol. The fraction of sp³-hybridized carbons (Fsp3) is 0.848. The standard InChI is InChI=1S/C32H65N9O6.CH4/c1-6-32(5,21-31(3,4)29(46)40-18-10-17-39-28(45)25(36)20-33)30(47)41-19-11-16-38-27(44)24(35)15-9-13-22(42)12-8-14-23(34)26(43)37-7-2;/h22-25,42H,6-21,33-36H2,1-5H3,(H,37,43)(H,38,44)(H,39,45)(H,40,46)(H,41,47);1H4. The molecule has 0 bridgehead atoms. The first-order valence-electron chi connectivity index (χ1n) is 17.1. The summed E-state index contributed by atoms with van der Waals surface area (Å²) in [6.45, 7) is 11.2. The van der Waals surface area contributed by atoms with Crippen LogP contribution < -0.4 is 49.5 Å². The molecule has 5 unspecified atom stereocenters. The summed E-state index contributed by atoms with van der Waals surface area (Å²) in [5, 5.41) is 24.2. The molecule has 0 heterocycles. The van der Waals surface area contributed by atoms with Crippen LogP contribution in [0.3, 0.4) is 0 Å². The van der Waals surface area contributed by atoms with E-state index in [-0.39, 0.29) is 43.5 Å². The molecular formula is C33H69N9O6. The number of carbonyl (C=O) groups excluding carboxylic acids is 5. The Kier molecular flexibility index (Phi) is 24.8. The molecule has 282 valence electrons. The first-order valence-corrected chi connectivity index (χ1v) is 17.1. The first kappa shape index (κ1) is 47.3. The van der Waals surface area contributed by atoms with Gasteiger partial charge in [-0.1, -0.05) is 35.1 Å². The normalized spacial score (nSPS) is 15.0. The molecule has 0 spiro atoms. The SMILES string of the molecule is C.CCNC(=O)C(N)CCCC(O)CCCC(N)C(=O)NCCCNC(=O)C(C)(CC)CC(C)(C)C(=O)NCCCNC(=O)C(N)CN. The summed E-state index contributed by atoms with van der Waals surface area (Å²) in [7, 11) is 0. The van der Waals surface area contributed by atoms with E-state index < -0.39 is 35.1 Å². The fourth-order valence-corrected chi connectivity index (χ4v) is 5.11. The molecule has 0 aliphatic heterocycles. The van der Waals surface area contributed by atoms with Gasteiger partial charge >= 0.3 is 0 Å². The lowest BCUT2D eigenvalue weighted by Gasteiger charge is -2.35. The Labute approximate surface area is 288 Å². The van der Waals surface area contributed by atoms with Crippen molar-refractivity contribution < 1.29 is 29.1 Å². The van der Waals surface area contributed by atoms with E-state index in [0.717, 1.165) is 0 Å². The van der Waals surface area contributed by atoms with Crippen molar-refractivity contribution in [2.24, 2.45) is 33.8 Å². The zero-order chi connectivity index (χ0) is 36.0. The van der Waals surface area contributed by atoms with Crippen molar-refractivity contribution in [3.63, 3.8) is 0 Å². The zero-order valence-corrected chi connectivity index (χ0v) is 29.4. The number of likely N-dealkylation sites (N-methyl/N-ethyl adjacent to an activating group) is 1. The highest BCUT2D eigenvalue weighted by Crippen LogP contribution is 2.37. The van der Waals surface area contributed by atoms with Gasteiger partial charge in [-0.25, -0.2) is 0 Å². The highest BCUT2D eigenvalue weighted by Gasteiger charge is 2.40. The van der Waals surface area contributed by atoms with Crippen molar-refractivity contribution in [2.75, 3.05) is 39.3 Å². The predicted octanol–water partition coefficient (Wildman–Crippen LogP) is -0.522. The summed E-state index contributed by atoms with van der Waals surface area (Å²) < 4.78 is 0. The summed E-state index contributed by atoms with van der Waals surface area (Å²) in [6, 6.07) is -2.04. The van der Waals surface area contributed by atoms with Crippen molar-refractivity contribution in [1.82, 2.24) is 26.6 Å². The average Bonchev–Trinajstić information content (AvgIpc) is 3.03. The minimum Gasteiger partial charge on any atom is -0.393 e. The molecule has 5 atom stereocenters. The van der Waals surface area contributed by atoms with E-state index in [0.29, 0.717) is 96.9 Å². The van der Waals surface area contributed by atoms with E-state index in [2.05, 4.69) is 26.6 Å². The molecular weight excluding hydrogens is 618 g/mol. The monoisotopic (exact) mass is 688 g/mol. The van der Waals surface area contributed by atoms with Gasteiger partial charge in [0.05, 0.1) is 24.2 Å². The Balaban J connectivity index is 0. The topological polar surface area (TPSA) is 270 Å². The van der Waals surface area contributed by atoms with E-state index in [1.165, 1.54) is 0 Å². The molecule has 14 N–H and O–H groups in total. The molecule has 0 aliphatic carbocycles. The number of hydrogen-bond acceptors (Lipinski definition) is 10. The third-order valence-corrected chi connectivity index (χ3v) is 8.37. The Bertz CT molecular complexity index is 968. The third kappa shape index (κ3) is 19.2. The fourth-order valence-electron chi connectivity index (χ4n) is 5.11. The quantitative estimate of drug-likeness (QED) is 0.0520. The summed E-state index contributed by atoms with van der Waals surface area (Å²) in [4.78, 5) is 61.8. The zero-order valence-electron chi connectivity index (χ0n) is 29.4. The maximum atomic E-state index is 13.1. The summed E-state index contributed by atoms with van der Waals surface area (Å²) >= 11 is 0. The lowest BCUT2D eigenvalue weighted by Crippen LogP contribution is -2.47. The van der Waals surface area contributed by atoms with Crippen LogP contribution in [0.1, 0.15) is 106 Å². The van der Waals surface area contributed by atoms with E-state index in [1.54, 1.807) is 13.8 Å². The number of aliphatic hydroxyl groups is 1. The average molecular weight is 688 g/mol. The summed E-state index contributed by atoms with van der Waals surface area (Å²) in [5.74, 6) is -1.14. The maximum Gasteiger partial charge on any atom is 0.238 e. The number of aliphatic hydroxyl groups excluding tert-OH is 1. The lowest BCUT2D eigenvalue weighted by molar-refractivity contribution is -0.137. The van der Waals surface area contributed by atoms with Gasteiger partial charge in [-0.2, -0.15) is 0 Å². The minimum atomic E-state index is -0.812. The van der Waals surface area contributed by atoms with Crippen LogP contribution in [0.4, 0.5) is 0 Å². The van der Waals surface area contributed by atoms with Gasteiger partial charge in [0.1, 0.15) is 0 Å². The van der Waals surface area contributed by atoms with Gasteiger partial charge in [0.25, 0.3) is 0 Å². The van der Waals surface area contributed by atoms with Gasteiger partial charge in [-0.3, -0.25) is 24.0 Å². The Morgan fingerprint density at radius 2 is 1.04 bits per heavy atom. The van der Waals surface area contributed by atoms with Gasteiger partial charge < -0.3 is 54.6 Å².